The van der Waals surface area contributed by atoms with Crippen LogP contribution in [-0.4, -0.2) is 24.1 Å². The van der Waals surface area contributed by atoms with Crippen molar-refractivity contribution < 1.29 is 0 Å². The number of hydrogen-bond acceptors (Lipinski definition) is 2. The summed E-state index contributed by atoms with van der Waals surface area (Å²) in [5.74, 6) is 3.68. The van der Waals surface area contributed by atoms with Crippen molar-refractivity contribution >= 4 is 11.8 Å². The van der Waals surface area contributed by atoms with Crippen LogP contribution < -0.4 is 5.32 Å². The van der Waals surface area contributed by atoms with Crippen LogP contribution in [-0.2, 0) is 6.42 Å². The van der Waals surface area contributed by atoms with E-state index in [1.165, 1.54) is 60.3 Å². The zero-order valence-electron chi connectivity index (χ0n) is 14.0. The highest BCUT2D eigenvalue weighted by atomic mass is 32.2. The molecule has 1 unspecified atom stereocenters. The van der Waals surface area contributed by atoms with E-state index in [-0.39, 0.29) is 0 Å². The molecule has 0 amide bonds. The van der Waals surface area contributed by atoms with Crippen LogP contribution in [0.15, 0.2) is 18.2 Å². The van der Waals surface area contributed by atoms with Crippen molar-refractivity contribution in [2.24, 2.45) is 5.92 Å². The molecule has 1 aromatic carbocycles. The monoisotopic (exact) mass is 305 g/mol. The van der Waals surface area contributed by atoms with Crippen LogP contribution in [0.2, 0.25) is 0 Å². The lowest BCUT2D eigenvalue weighted by atomic mass is 9.90. The fraction of sp³-hybridized carbons (Fsp3) is 0.684. The predicted octanol–water partition coefficient (Wildman–Crippen LogP) is 4.75. The molecule has 1 saturated heterocycles. The normalized spacial score (nSPS) is 17.9. The van der Waals surface area contributed by atoms with Crippen LogP contribution in [0.5, 0.6) is 0 Å². The number of hydrogen-bond donors (Lipinski definition) is 1. The van der Waals surface area contributed by atoms with Gasteiger partial charge in [0, 0.05) is 6.04 Å². The van der Waals surface area contributed by atoms with E-state index in [1.54, 1.807) is 0 Å². The van der Waals surface area contributed by atoms with E-state index in [0.29, 0.717) is 6.04 Å². The zero-order valence-corrected chi connectivity index (χ0v) is 14.8. The van der Waals surface area contributed by atoms with Gasteiger partial charge in [-0.3, -0.25) is 0 Å². The van der Waals surface area contributed by atoms with Gasteiger partial charge in [-0.1, -0.05) is 36.2 Å². The fourth-order valence-corrected chi connectivity index (χ4v) is 4.65. The minimum absolute atomic E-state index is 0.652. The third-order valence-electron chi connectivity index (χ3n) is 4.41. The van der Waals surface area contributed by atoms with Gasteiger partial charge < -0.3 is 5.32 Å². The molecular weight excluding hydrogens is 274 g/mol. The number of rotatable bonds is 7. The van der Waals surface area contributed by atoms with Crippen LogP contribution in [0.4, 0.5) is 0 Å². The molecule has 1 N–H and O–H groups in total. The molecule has 0 saturated carbocycles. The Morgan fingerprint density at radius 3 is 2.43 bits per heavy atom. The maximum Gasteiger partial charge on any atom is 0.0110 e. The second-order valence-corrected chi connectivity index (χ2v) is 7.87. The molecule has 1 aliphatic rings. The molecule has 1 nitrogen and oxygen atoms in total. The predicted molar refractivity (Wildman–Crippen MR) is 96.4 cm³/mol. The number of nitrogens with one attached hydrogen (secondary N) is 1. The van der Waals surface area contributed by atoms with Gasteiger partial charge in [0.05, 0.1) is 0 Å². The minimum Gasteiger partial charge on any atom is -0.314 e. The minimum atomic E-state index is 0.652. The number of aryl methyl sites for hydroxylation is 2. The molecule has 0 aliphatic carbocycles. The summed E-state index contributed by atoms with van der Waals surface area (Å²) in [6.07, 6.45) is 6.60. The molecule has 2 rings (SSSR count). The van der Waals surface area contributed by atoms with E-state index in [4.69, 9.17) is 0 Å². The molecule has 1 aliphatic heterocycles. The fourth-order valence-electron chi connectivity index (χ4n) is 3.44. The number of benzene rings is 1. The van der Waals surface area contributed by atoms with Crippen molar-refractivity contribution in [2.45, 2.75) is 58.9 Å². The summed E-state index contributed by atoms with van der Waals surface area (Å²) in [6, 6.07) is 7.66. The molecule has 1 atom stereocenters. The van der Waals surface area contributed by atoms with Gasteiger partial charge in [0.1, 0.15) is 0 Å². The molecule has 118 valence electrons. The molecular formula is C19H31NS. The first-order chi connectivity index (χ1) is 10.2. The summed E-state index contributed by atoms with van der Waals surface area (Å²) in [7, 11) is 0. The zero-order chi connectivity index (χ0) is 15.1. The quantitative estimate of drug-likeness (QED) is 0.780. The topological polar surface area (TPSA) is 12.0 Å². The van der Waals surface area contributed by atoms with E-state index >= 15 is 0 Å². The first kappa shape index (κ1) is 16.9. The van der Waals surface area contributed by atoms with Crippen molar-refractivity contribution in [1.82, 2.24) is 5.32 Å². The van der Waals surface area contributed by atoms with Crippen molar-refractivity contribution in [3.63, 3.8) is 0 Å². The van der Waals surface area contributed by atoms with Gasteiger partial charge in [-0.25, -0.2) is 0 Å². The van der Waals surface area contributed by atoms with E-state index < -0.39 is 0 Å². The Labute approximate surface area is 135 Å². The third kappa shape index (κ3) is 6.04. The molecule has 0 aromatic heterocycles. The smallest absolute Gasteiger partial charge is 0.0110 e. The lowest BCUT2D eigenvalue weighted by Crippen LogP contribution is -2.34. The number of thioether (sulfide) groups is 1. The molecule has 1 aromatic rings. The van der Waals surface area contributed by atoms with Crippen LogP contribution in [0.3, 0.4) is 0 Å². The van der Waals surface area contributed by atoms with E-state index in [1.807, 2.05) is 0 Å². The van der Waals surface area contributed by atoms with Crippen molar-refractivity contribution in [1.29, 1.82) is 0 Å². The van der Waals surface area contributed by atoms with E-state index in [0.717, 1.165) is 12.5 Å². The Hall–Kier alpha value is -0.470. The lowest BCUT2D eigenvalue weighted by molar-refractivity contribution is 0.362. The average molecular weight is 306 g/mol. The van der Waals surface area contributed by atoms with Crippen LogP contribution in [0.25, 0.3) is 0 Å². The standard InChI is InChI=1S/C19H31NS/c1-4-7-20-19(13-17-5-8-21-9-6-17)14-18-11-15(2)10-16(3)12-18/h10-12,17,19-20H,4-9,13-14H2,1-3H3. The highest BCUT2D eigenvalue weighted by molar-refractivity contribution is 7.99. The van der Waals surface area contributed by atoms with Gasteiger partial charge in [0.15, 0.2) is 0 Å². The molecule has 0 spiro atoms. The summed E-state index contributed by atoms with van der Waals surface area (Å²) < 4.78 is 0. The molecule has 1 fully saturated rings. The highest BCUT2D eigenvalue weighted by Gasteiger charge is 2.19. The Morgan fingerprint density at radius 1 is 1.14 bits per heavy atom. The molecule has 0 bridgehead atoms. The highest BCUT2D eigenvalue weighted by Crippen LogP contribution is 2.27. The first-order valence-corrected chi connectivity index (χ1v) is 9.71. The summed E-state index contributed by atoms with van der Waals surface area (Å²) >= 11 is 2.13. The van der Waals surface area contributed by atoms with Crippen LogP contribution in [0.1, 0.15) is 49.3 Å². The van der Waals surface area contributed by atoms with E-state index in [2.05, 4.69) is 56.0 Å². The maximum atomic E-state index is 3.80. The van der Waals surface area contributed by atoms with Gasteiger partial charge in [-0.15, -0.1) is 0 Å². The van der Waals surface area contributed by atoms with Gasteiger partial charge in [-0.2, -0.15) is 11.8 Å². The van der Waals surface area contributed by atoms with Crippen LogP contribution >= 0.6 is 11.8 Å². The molecule has 0 radical (unpaired) electrons. The van der Waals surface area contributed by atoms with Crippen molar-refractivity contribution in [3.05, 3.63) is 34.9 Å². The second-order valence-electron chi connectivity index (χ2n) is 6.64. The maximum absolute atomic E-state index is 3.80. The first-order valence-electron chi connectivity index (χ1n) is 8.55. The Kier molecular flexibility index (Phi) is 7.12. The summed E-state index contributed by atoms with van der Waals surface area (Å²) in [5.41, 5.74) is 4.30. The second kappa shape index (κ2) is 8.85. The molecule has 21 heavy (non-hydrogen) atoms. The lowest BCUT2D eigenvalue weighted by Gasteiger charge is -2.27. The third-order valence-corrected chi connectivity index (χ3v) is 5.45. The molecule has 2 heteroatoms. The van der Waals surface area contributed by atoms with Gasteiger partial charge in [0.25, 0.3) is 0 Å². The summed E-state index contributed by atoms with van der Waals surface area (Å²) in [6.45, 7) is 7.84. The van der Waals surface area contributed by atoms with Crippen molar-refractivity contribution in [3.8, 4) is 0 Å². The van der Waals surface area contributed by atoms with Gasteiger partial charge >= 0.3 is 0 Å². The summed E-state index contributed by atoms with van der Waals surface area (Å²) in [4.78, 5) is 0. The van der Waals surface area contributed by atoms with Gasteiger partial charge in [-0.05, 0) is 75.5 Å². The van der Waals surface area contributed by atoms with Gasteiger partial charge in [0.2, 0.25) is 0 Å². The van der Waals surface area contributed by atoms with E-state index in [9.17, 15) is 0 Å². The van der Waals surface area contributed by atoms with Crippen LogP contribution in [0, 0.1) is 19.8 Å². The Balaban J connectivity index is 1.97. The Bertz CT molecular complexity index is 403. The Morgan fingerprint density at radius 2 is 1.81 bits per heavy atom. The SMILES string of the molecule is CCCNC(Cc1cc(C)cc(C)c1)CC1CCSCC1. The van der Waals surface area contributed by atoms with Crippen molar-refractivity contribution in [2.75, 3.05) is 18.1 Å². The molecule has 1 heterocycles. The summed E-state index contributed by atoms with van der Waals surface area (Å²) in [5, 5.41) is 3.80. The largest absolute Gasteiger partial charge is 0.314 e. The average Bonchev–Trinajstić information content (AvgIpc) is 2.45.